The molecular weight excluding hydrogens is 240 g/mol. The van der Waals surface area contributed by atoms with Crippen molar-refractivity contribution in [1.82, 2.24) is 0 Å². The zero-order valence-electron chi connectivity index (χ0n) is 9.62. The quantitative estimate of drug-likeness (QED) is 0.761. The molecule has 0 aromatic heterocycles. The number of carboxylic acids is 1. The summed E-state index contributed by atoms with van der Waals surface area (Å²) in [6, 6.07) is 4.98. The number of anilines is 1. The van der Waals surface area contributed by atoms with E-state index in [9.17, 15) is 14.4 Å². The van der Waals surface area contributed by atoms with E-state index in [1.54, 1.807) is 12.1 Å². The summed E-state index contributed by atoms with van der Waals surface area (Å²) in [5.74, 6) is -1.83. The third-order valence-corrected chi connectivity index (χ3v) is 2.08. The highest BCUT2D eigenvalue weighted by Crippen LogP contribution is 2.21. The van der Waals surface area contributed by atoms with Gasteiger partial charge in [0.05, 0.1) is 12.8 Å². The van der Waals surface area contributed by atoms with Crippen LogP contribution >= 0.6 is 0 Å². The van der Waals surface area contributed by atoms with Crippen LogP contribution in [0.25, 0.3) is 0 Å². The molecule has 0 aliphatic rings. The number of amides is 3. The molecule has 0 heterocycles. The topological polar surface area (TPSA) is 110 Å². The smallest absolute Gasteiger partial charge is 0.326 e. The van der Waals surface area contributed by atoms with E-state index in [4.69, 9.17) is 15.6 Å². The minimum absolute atomic E-state index is 0.160. The van der Waals surface area contributed by atoms with Gasteiger partial charge in [0, 0.05) is 6.07 Å². The molecule has 18 heavy (non-hydrogen) atoms. The number of rotatable bonds is 4. The van der Waals surface area contributed by atoms with Crippen molar-refractivity contribution in [3.8, 4) is 5.75 Å². The molecule has 96 valence electrons. The van der Waals surface area contributed by atoms with E-state index >= 15 is 0 Å². The summed E-state index contributed by atoms with van der Waals surface area (Å²) in [7, 11) is 1.42. The number of hydrogen-bond acceptors (Lipinski definition) is 4. The summed E-state index contributed by atoms with van der Waals surface area (Å²) < 4.78 is 4.94. The zero-order chi connectivity index (χ0) is 13.7. The maximum absolute atomic E-state index is 11.6. The Hall–Kier alpha value is -2.57. The summed E-state index contributed by atoms with van der Waals surface area (Å²) in [5.41, 5.74) is 5.23. The number of methoxy groups -OCH3 is 1. The summed E-state index contributed by atoms with van der Waals surface area (Å²) in [5, 5.41) is 8.54. The molecule has 0 unspecified atom stereocenters. The number of urea groups is 1. The van der Waals surface area contributed by atoms with Crippen LogP contribution in [0.15, 0.2) is 24.3 Å². The molecule has 0 radical (unpaired) electrons. The van der Waals surface area contributed by atoms with Gasteiger partial charge in [-0.3, -0.25) is 9.59 Å². The van der Waals surface area contributed by atoms with Crippen molar-refractivity contribution >= 4 is 23.6 Å². The second-order valence-corrected chi connectivity index (χ2v) is 3.34. The first-order valence-corrected chi connectivity index (χ1v) is 4.94. The van der Waals surface area contributed by atoms with Crippen molar-refractivity contribution in [3.63, 3.8) is 0 Å². The lowest BCUT2D eigenvalue weighted by atomic mass is 10.2. The normalized spacial score (nSPS) is 9.61. The van der Waals surface area contributed by atoms with Crippen LogP contribution in [0, 0.1) is 0 Å². The van der Waals surface area contributed by atoms with Crippen molar-refractivity contribution in [1.29, 1.82) is 0 Å². The molecule has 3 amide bonds. The summed E-state index contributed by atoms with van der Waals surface area (Å²) >= 11 is 0. The maximum Gasteiger partial charge on any atom is 0.326 e. The van der Waals surface area contributed by atoms with Crippen molar-refractivity contribution < 1.29 is 24.2 Å². The fourth-order valence-electron chi connectivity index (χ4n) is 1.35. The molecule has 1 rings (SSSR count). The lowest BCUT2D eigenvalue weighted by Gasteiger charge is -2.18. The van der Waals surface area contributed by atoms with E-state index in [1.807, 2.05) is 0 Å². The van der Waals surface area contributed by atoms with Gasteiger partial charge in [-0.25, -0.2) is 9.69 Å². The Kier molecular flexibility index (Phi) is 4.25. The molecule has 3 N–H and O–H groups in total. The highest BCUT2D eigenvalue weighted by molar-refractivity contribution is 6.17. The van der Waals surface area contributed by atoms with Gasteiger partial charge in [0.15, 0.2) is 0 Å². The average Bonchev–Trinajstić information content (AvgIpc) is 2.28. The fourth-order valence-corrected chi connectivity index (χ4v) is 1.35. The summed E-state index contributed by atoms with van der Waals surface area (Å²) in [6.07, 6.45) is -0.819. The molecule has 1 aromatic rings. The van der Waals surface area contributed by atoms with E-state index in [0.717, 1.165) is 0 Å². The Balaban J connectivity index is 3.07. The number of ether oxygens (including phenoxy) is 1. The molecule has 0 bridgehead atoms. The second-order valence-electron chi connectivity index (χ2n) is 3.34. The number of benzene rings is 1. The van der Waals surface area contributed by atoms with Crippen LogP contribution in [0.1, 0.15) is 6.42 Å². The van der Waals surface area contributed by atoms with Crippen LogP contribution in [0.4, 0.5) is 10.5 Å². The predicted molar refractivity (Wildman–Crippen MR) is 62.3 cm³/mol. The number of hydrogen-bond donors (Lipinski definition) is 2. The Morgan fingerprint density at radius 1 is 1.39 bits per heavy atom. The molecule has 0 saturated carbocycles. The number of nitrogens with two attached hydrogens (primary N) is 1. The average molecular weight is 252 g/mol. The molecule has 0 atom stereocenters. The van der Waals surface area contributed by atoms with Crippen LogP contribution < -0.4 is 15.4 Å². The van der Waals surface area contributed by atoms with Crippen molar-refractivity contribution in [2.75, 3.05) is 12.0 Å². The van der Waals surface area contributed by atoms with Gasteiger partial charge in [-0.2, -0.15) is 0 Å². The monoisotopic (exact) mass is 252 g/mol. The lowest BCUT2D eigenvalue weighted by Crippen LogP contribution is -2.41. The number of carboxylic acid groups (broad SMARTS) is 1. The summed E-state index contributed by atoms with van der Waals surface area (Å²) in [4.78, 5) is 33.9. The van der Waals surface area contributed by atoms with E-state index in [-0.39, 0.29) is 5.69 Å². The molecule has 0 aliphatic carbocycles. The summed E-state index contributed by atoms with van der Waals surface area (Å²) in [6.45, 7) is 0. The highest BCUT2D eigenvalue weighted by atomic mass is 16.5. The molecule has 1 aromatic carbocycles. The molecular formula is C11H12N2O5. The van der Waals surface area contributed by atoms with E-state index < -0.39 is 24.3 Å². The zero-order valence-corrected chi connectivity index (χ0v) is 9.62. The molecule has 7 heteroatoms. The molecule has 0 saturated heterocycles. The van der Waals surface area contributed by atoms with Crippen LogP contribution in [-0.2, 0) is 9.59 Å². The third kappa shape index (κ3) is 3.21. The lowest BCUT2D eigenvalue weighted by molar-refractivity contribution is -0.139. The Morgan fingerprint density at radius 2 is 2.06 bits per heavy atom. The molecule has 0 spiro atoms. The van der Waals surface area contributed by atoms with Crippen molar-refractivity contribution in [3.05, 3.63) is 24.3 Å². The van der Waals surface area contributed by atoms with Crippen LogP contribution in [0.5, 0.6) is 5.75 Å². The van der Waals surface area contributed by atoms with Crippen LogP contribution in [0.3, 0.4) is 0 Å². The van der Waals surface area contributed by atoms with Gasteiger partial charge in [0.2, 0.25) is 5.91 Å². The van der Waals surface area contributed by atoms with Gasteiger partial charge in [-0.1, -0.05) is 6.07 Å². The standard InChI is InChI=1S/C11H12N2O5/c1-18-8-4-2-3-7(5-8)13(11(12)17)9(14)6-10(15)16/h2-5H,6H2,1H3,(H2,12,17)(H,15,16). The SMILES string of the molecule is COc1cccc(N(C(N)=O)C(=O)CC(=O)O)c1. The molecule has 7 nitrogen and oxygen atoms in total. The molecule has 0 fully saturated rings. The van der Waals surface area contributed by atoms with Crippen LogP contribution in [-0.4, -0.2) is 30.1 Å². The Morgan fingerprint density at radius 3 is 2.56 bits per heavy atom. The number of carbonyl (C=O) groups is 3. The van der Waals surface area contributed by atoms with Crippen molar-refractivity contribution in [2.45, 2.75) is 6.42 Å². The maximum atomic E-state index is 11.6. The first-order chi connectivity index (χ1) is 8.45. The van der Waals surface area contributed by atoms with Gasteiger partial charge in [-0.15, -0.1) is 0 Å². The van der Waals surface area contributed by atoms with Gasteiger partial charge in [-0.05, 0) is 12.1 Å². The predicted octanol–water partition coefficient (Wildman–Crippen LogP) is 0.582. The van der Waals surface area contributed by atoms with E-state index in [2.05, 4.69) is 0 Å². The van der Waals surface area contributed by atoms with E-state index in [0.29, 0.717) is 10.6 Å². The van der Waals surface area contributed by atoms with Gasteiger partial charge >= 0.3 is 12.0 Å². The Labute approximate surface area is 103 Å². The minimum Gasteiger partial charge on any atom is -0.497 e. The number of aliphatic carboxylic acids is 1. The second kappa shape index (κ2) is 5.67. The minimum atomic E-state index is -1.34. The fraction of sp³-hybridized carbons (Fsp3) is 0.182. The molecule has 0 aliphatic heterocycles. The highest BCUT2D eigenvalue weighted by Gasteiger charge is 2.23. The third-order valence-electron chi connectivity index (χ3n) is 2.08. The van der Waals surface area contributed by atoms with Gasteiger partial charge in [0.25, 0.3) is 0 Å². The Bertz CT molecular complexity index is 486. The first-order valence-electron chi connectivity index (χ1n) is 4.94. The number of carbonyl (C=O) groups excluding carboxylic acids is 2. The first kappa shape index (κ1) is 13.5. The number of primary amides is 1. The van der Waals surface area contributed by atoms with Gasteiger partial charge < -0.3 is 15.6 Å². The number of nitrogens with zero attached hydrogens (tertiary/aromatic N) is 1. The van der Waals surface area contributed by atoms with Gasteiger partial charge in [0.1, 0.15) is 12.2 Å². The van der Waals surface area contributed by atoms with Crippen molar-refractivity contribution in [2.24, 2.45) is 5.73 Å². The van der Waals surface area contributed by atoms with E-state index in [1.165, 1.54) is 19.2 Å². The number of imide groups is 1. The largest absolute Gasteiger partial charge is 0.497 e. The van der Waals surface area contributed by atoms with Crippen LogP contribution in [0.2, 0.25) is 0 Å².